The number of carbonyl (C=O) groups is 1. The predicted molar refractivity (Wildman–Crippen MR) is 72.3 cm³/mol. The zero-order valence-electron chi connectivity index (χ0n) is 9.96. The van der Waals surface area contributed by atoms with Crippen LogP contribution in [0.1, 0.15) is 36.8 Å². The Hall–Kier alpha value is -0.390. The van der Waals surface area contributed by atoms with E-state index >= 15 is 0 Å². The molecule has 1 aromatic rings. The summed E-state index contributed by atoms with van der Waals surface area (Å²) < 4.78 is 6.24. The van der Waals surface area contributed by atoms with Gasteiger partial charge in [-0.15, -0.1) is 11.3 Å². The van der Waals surface area contributed by atoms with Crippen LogP contribution in [0.4, 0.5) is 0 Å². The number of esters is 1. The lowest BCUT2D eigenvalue weighted by atomic mass is 10.1. The van der Waals surface area contributed by atoms with E-state index in [-0.39, 0.29) is 18.1 Å². The SMILES string of the molecule is CCOC(=O)C1CCc2sc(Br)cc2C(C)N1. The standard InChI is InChI=1S/C12H16BrNO2S/c1-3-16-12(15)9-4-5-10-8(7(2)14-9)6-11(13)17-10/h6-7,9,14H,3-5H2,1-2H3. The molecule has 0 saturated carbocycles. The van der Waals surface area contributed by atoms with Gasteiger partial charge in [-0.1, -0.05) is 0 Å². The molecule has 1 aromatic heterocycles. The molecular weight excluding hydrogens is 302 g/mol. The van der Waals surface area contributed by atoms with Crippen molar-refractivity contribution in [3.8, 4) is 0 Å². The molecule has 0 spiro atoms. The van der Waals surface area contributed by atoms with Gasteiger partial charge in [-0.3, -0.25) is 10.1 Å². The Labute approximate surface area is 114 Å². The topological polar surface area (TPSA) is 38.3 Å². The average Bonchev–Trinajstić information content (AvgIpc) is 2.59. The molecular formula is C12H16BrNO2S. The normalized spacial score (nSPS) is 23.9. The molecule has 94 valence electrons. The lowest BCUT2D eigenvalue weighted by Gasteiger charge is -2.18. The molecule has 2 unspecified atom stereocenters. The van der Waals surface area contributed by atoms with Crippen molar-refractivity contribution >= 4 is 33.2 Å². The highest BCUT2D eigenvalue weighted by atomic mass is 79.9. The Morgan fingerprint density at radius 3 is 3.18 bits per heavy atom. The first-order chi connectivity index (χ1) is 8.11. The second-order valence-electron chi connectivity index (χ2n) is 4.16. The van der Waals surface area contributed by atoms with E-state index < -0.39 is 0 Å². The van der Waals surface area contributed by atoms with Crippen LogP contribution in [0.2, 0.25) is 0 Å². The zero-order valence-corrected chi connectivity index (χ0v) is 12.4. The summed E-state index contributed by atoms with van der Waals surface area (Å²) in [5.41, 5.74) is 1.30. The van der Waals surface area contributed by atoms with Crippen LogP contribution in [-0.4, -0.2) is 18.6 Å². The zero-order chi connectivity index (χ0) is 12.4. The fourth-order valence-electron chi connectivity index (χ4n) is 2.15. The second-order valence-corrected chi connectivity index (χ2v) is 6.68. The molecule has 0 aliphatic carbocycles. The predicted octanol–water partition coefficient (Wildman–Crippen LogP) is 3.04. The maximum atomic E-state index is 11.7. The molecule has 0 saturated heterocycles. The molecule has 3 nitrogen and oxygen atoms in total. The van der Waals surface area contributed by atoms with Crippen LogP contribution in [-0.2, 0) is 16.0 Å². The van der Waals surface area contributed by atoms with E-state index in [0.29, 0.717) is 6.61 Å². The van der Waals surface area contributed by atoms with Crippen molar-refractivity contribution < 1.29 is 9.53 Å². The molecule has 1 aliphatic heterocycles. The first kappa shape index (κ1) is 13.1. The number of rotatable bonds is 2. The molecule has 1 aliphatic rings. The molecule has 0 aromatic carbocycles. The summed E-state index contributed by atoms with van der Waals surface area (Å²) in [5, 5.41) is 3.34. The number of fused-ring (bicyclic) bond motifs is 1. The summed E-state index contributed by atoms with van der Waals surface area (Å²) in [4.78, 5) is 13.1. The van der Waals surface area contributed by atoms with Gasteiger partial charge in [0, 0.05) is 10.9 Å². The van der Waals surface area contributed by atoms with Gasteiger partial charge < -0.3 is 4.74 Å². The van der Waals surface area contributed by atoms with Gasteiger partial charge in [0.1, 0.15) is 6.04 Å². The van der Waals surface area contributed by atoms with Crippen LogP contribution in [0.25, 0.3) is 0 Å². The van der Waals surface area contributed by atoms with Crippen molar-refractivity contribution in [2.24, 2.45) is 0 Å². The van der Waals surface area contributed by atoms with Crippen molar-refractivity contribution in [1.82, 2.24) is 5.32 Å². The van der Waals surface area contributed by atoms with E-state index in [1.807, 2.05) is 6.92 Å². The molecule has 17 heavy (non-hydrogen) atoms. The molecule has 0 amide bonds. The van der Waals surface area contributed by atoms with Crippen LogP contribution < -0.4 is 5.32 Å². The van der Waals surface area contributed by atoms with Gasteiger partial charge in [-0.2, -0.15) is 0 Å². The van der Waals surface area contributed by atoms with Crippen LogP contribution in [0, 0.1) is 0 Å². The molecule has 1 N–H and O–H groups in total. The summed E-state index contributed by atoms with van der Waals surface area (Å²) in [5.74, 6) is -0.131. The summed E-state index contributed by atoms with van der Waals surface area (Å²) in [6.07, 6.45) is 1.75. The van der Waals surface area contributed by atoms with Gasteiger partial charge >= 0.3 is 5.97 Å². The highest BCUT2D eigenvalue weighted by Crippen LogP contribution is 2.34. The fraction of sp³-hybridized carbons (Fsp3) is 0.583. The highest BCUT2D eigenvalue weighted by molar-refractivity contribution is 9.11. The van der Waals surface area contributed by atoms with Crippen LogP contribution in [0.15, 0.2) is 9.85 Å². The smallest absolute Gasteiger partial charge is 0.323 e. The molecule has 2 rings (SSSR count). The van der Waals surface area contributed by atoms with E-state index in [9.17, 15) is 4.79 Å². The largest absolute Gasteiger partial charge is 0.465 e. The van der Waals surface area contributed by atoms with E-state index in [0.717, 1.165) is 16.6 Å². The molecule has 2 atom stereocenters. The summed E-state index contributed by atoms with van der Waals surface area (Å²) in [6.45, 7) is 4.38. The number of aryl methyl sites for hydroxylation is 1. The second kappa shape index (κ2) is 5.50. The van der Waals surface area contributed by atoms with Gasteiger partial charge in [0.15, 0.2) is 0 Å². The van der Waals surface area contributed by atoms with E-state index in [4.69, 9.17) is 4.74 Å². The maximum absolute atomic E-state index is 11.7. The van der Waals surface area contributed by atoms with Crippen LogP contribution >= 0.6 is 27.3 Å². The minimum Gasteiger partial charge on any atom is -0.465 e. The van der Waals surface area contributed by atoms with Gasteiger partial charge in [0.25, 0.3) is 0 Å². The minimum atomic E-state index is -0.177. The minimum absolute atomic E-state index is 0.131. The third-order valence-corrected chi connectivity index (χ3v) is 4.67. The third kappa shape index (κ3) is 2.89. The maximum Gasteiger partial charge on any atom is 0.323 e. The van der Waals surface area contributed by atoms with Crippen LogP contribution in [0.3, 0.4) is 0 Å². The third-order valence-electron chi connectivity index (χ3n) is 2.96. The van der Waals surface area contributed by atoms with Crippen molar-refractivity contribution in [3.63, 3.8) is 0 Å². The van der Waals surface area contributed by atoms with E-state index in [1.54, 1.807) is 11.3 Å². The Morgan fingerprint density at radius 2 is 2.47 bits per heavy atom. The Balaban J connectivity index is 2.12. The highest BCUT2D eigenvalue weighted by Gasteiger charge is 2.27. The molecule has 0 radical (unpaired) electrons. The monoisotopic (exact) mass is 317 g/mol. The van der Waals surface area contributed by atoms with Crippen molar-refractivity contribution in [2.75, 3.05) is 6.61 Å². The average molecular weight is 318 g/mol. The van der Waals surface area contributed by atoms with Gasteiger partial charge in [0.2, 0.25) is 0 Å². The van der Waals surface area contributed by atoms with Crippen molar-refractivity contribution in [1.29, 1.82) is 0 Å². The first-order valence-corrected chi connectivity index (χ1v) is 7.43. The number of hydrogen-bond donors (Lipinski definition) is 1. The summed E-state index contributed by atoms with van der Waals surface area (Å²) >= 11 is 5.27. The molecule has 5 heteroatoms. The summed E-state index contributed by atoms with van der Waals surface area (Å²) in [7, 11) is 0. The summed E-state index contributed by atoms with van der Waals surface area (Å²) in [6, 6.07) is 2.17. The molecule has 2 heterocycles. The Bertz CT molecular complexity index is 419. The lowest BCUT2D eigenvalue weighted by Crippen LogP contribution is -2.38. The first-order valence-electron chi connectivity index (χ1n) is 5.82. The van der Waals surface area contributed by atoms with Gasteiger partial charge in [-0.05, 0) is 54.2 Å². The number of thiophene rings is 1. The fourth-order valence-corrected chi connectivity index (χ4v) is 3.98. The molecule has 0 fully saturated rings. The number of carbonyl (C=O) groups excluding carboxylic acids is 1. The van der Waals surface area contributed by atoms with Crippen molar-refractivity contribution in [3.05, 3.63) is 20.3 Å². The Morgan fingerprint density at radius 1 is 1.71 bits per heavy atom. The number of halogens is 1. The van der Waals surface area contributed by atoms with Gasteiger partial charge in [0.05, 0.1) is 10.4 Å². The number of ether oxygens (including phenoxy) is 1. The lowest BCUT2D eigenvalue weighted by molar-refractivity contribution is -0.146. The van der Waals surface area contributed by atoms with Crippen LogP contribution in [0.5, 0.6) is 0 Å². The number of nitrogens with one attached hydrogen (secondary N) is 1. The number of hydrogen-bond acceptors (Lipinski definition) is 4. The van der Waals surface area contributed by atoms with E-state index in [1.165, 1.54) is 10.4 Å². The van der Waals surface area contributed by atoms with Gasteiger partial charge in [-0.25, -0.2) is 0 Å². The Kier molecular flexibility index (Phi) is 4.22. The molecule has 0 bridgehead atoms. The van der Waals surface area contributed by atoms with E-state index in [2.05, 4.69) is 34.2 Å². The quantitative estimate of drug-likeness (QED) is 0.852. The van der Waals surface area contributed by atoms with Crippen molar-refractivity contribution in [2.45, 2.75) is 38.8 Å².